The molecule has 0 radical (unpaired) electrons. The Bertz CT molecular complexity index is 788. The second kappa shape index (κ2) is 5.18. The number of aliphatic imine (C=N–C) groups is 1. The van der Waals surface area contributed by atoms with Gasteiger partial charge in [-0.3, -0.25) is 5.41 Å². The summed E-state index contributed by atoms with van der Waals surface area (Å²) in [5.41, 5.74) is -0.0295. The second-order valence-corrected chi connectivity index (χ2v) is 5.98. The van der Waals surface area contributed by atoms with Crippen molar-refractivity contribution in [3.63, 3.8) is 0 Å². The Hall–Kier alpha value is -2.82. The number of phenolic OH excluding ortho intramolecular Hbond substituents is 2. The van der Waals surface area contributed by atoms with Crippen LogP contribution in [0.15, 0.2) is 23.2 Å². The molecule has 22 heavy (non-hydrogen) atoms. The van der Waals surface area contributed by atoms with Gasteiger partial charge in [-0.05, 0) is 12.1 Å². The Labute approximate surface area is 125 Å². The lowest BCUT2D eigenvalue weighted by Gasteiger charge is -2.31. The number of methoxy groups -OCH3 is 1. The number of guanidine groups is 1. The van der Waals surface area contributed by atoms with Crippen molar-refractivity contribution in [1.29, 1.82) is 5.41 Å². The molecule has 0 atom stereocenters. The number of phenols is 2. The molecule has 118 valence electrons. The van der Waals surface area contributed by atoms with Gasteiger partial charge in [-0.15, -0.1) is 4.31 Å². The largest absolute Gasteiger partial charge is 0.508 e. The van der Waals surface area contributed by atoms with Gasteiger partial charge in [0.2, 0.25) is 5.96 Å². The van der Waals surface area contributed by atoms with E-state index >= 15 is 0 Å². The SMILES string of the molecule is COC(=O)N1C(=N)N=C(c2ccc(O)cc2O)N(C)S1(=O)=O. The van der Waals surface area contributed by atoms with Crippen LogP contribution < -0.4 is 0 Å². The van der Waals surface area contributed by atoms with Crippen molar-refractivity contribution in [3.8, 4) is 11.5 Å². The van der Waals surface area contributed by atoms with Gasteiger partial charge in [0.1, 0.15) is 11.5 Å². The summed E-state index contributed by atoms with van der Waals surface area (Å²) in [7, 11) is -2.36. The standard InChI is InChI=1S/C11H12N4O6S/c1-14-9(7-4-3-6(16)5-8(7)17)13-10(12)15(11(18)21-2)22(14,19)20/h3-5,12,16-17H,1-2H3. The van der Waals surface area contributed by atoms with Gasteiger partial charge in [0, 0.05) is 13.1 Å². The fraction of sp³-hybridized carbons (Fsp3) is 0.182. The summed E-state index contributed by atoms with van der Waals surface area (Å²) >= 11 is 0. The number of ether oxygens (including phenoxy) is 1. The Morgan fingerprint density at radius 2 is 2.00 bits per heavy atom. The lowest BCUT2D eigenvalue weighted by molar-refractivity contribution is 0.160. The number of amidine groups is 1. The third-order valence-corrected chi connectivity index (χ3v) is 4.49. The molecular weight excluding hydrogens is 316 g/mol. The molecule has 1 amide bonds. The third kappa shape index (κ3) is 2.30. The summed E-state index contributed by atoms with van der Waals surface area (Å²) in [6, 6.07) is 3.44. The summed E-state index contributed by atoms with van der Waals surface area (Å²) in [4.78, 5) is 15.2. The van der Waals surface area contributed by atoms with E-state index in [0.717, 1.165) is 20.2 Å². The van der Waals surface area contributed by atoms with E-state index in [1.54, 1.807) is 0 Å². The molecule has 1 aliphatic rings. The van der Waals surface area contributed by atoms with Gasteiger partial charge in [-0.1, -0.05) is 0 Å². The van der Waals surface area contributed by atoms with Crippen LogP contribution in [-0.4, -0.2) is 59.3 Å². The van der Waals surface area contributed by atoms with Crippen LogP contribution in [-0.2, 0) is 14.9 Å². The highest BCUT2D eigenvalue weighted by molar-refractivity contribution is 7.88. The molecule has 10 nitrogen and oxygen atoms in total. The van der Waals surface area contributed by atoms with Crippen LogP contribution in [0, 0.1) is 5.41 Å². The second-order valence-electron chi connectivity index (χ2n) is 4.17. The molecule has 0 aromatic heterocycles. The zero-order chi connectivity index (χ0) is 16.7. The Morgan fingerprint density at radius 1 is 1.36 bits per heavy atom. The predicted molar refractivity (Wildman–Crippen MR) is 75.0 cm³/mol. The van der Waals surface area contributed by atoms with E-state index in [0.29, 0.717) is 4.31 Å². The van der Waals surface area contributed by atoms with Gasteiger partial charge in [0.05, 0.1) is 12.7 Å². The van der Waals surface area contributed by atoms with Gasteiger partial charge in [0.25, 0.3) is 0 Å². The summed E-state index contributed by atoms with van der Waals surface area (Å²) in [5.74, 6) is -1.82. The summed E-state index contributed by atoms with van der Waals surface area (Å²) in [6.07, 6.45) is -1.28. The summed E-state index contributed by atoms with van der Waals surface area (Å²) in [5, 5.41) is 26.7. The molecule has 11 heteroatoms. The zero-order valence-corrected chi connectivity index (χ0v) is 12.3. The zero-order valence-electron chi connectivity index (χ0n) is 11.5. The van der Waals surface area contributed by atoms with Crippen LogP contribution in [0.25, 0.3) is 0 Å². The first-order valence-corrected chi connectivity index (χ1v) is 7.16. The van der Waals surface area contributed by atoms with Crippen molar-refractivity contribution >= 4 is 28.1 Å². The average molecular weight is 328 g/mol. The normalized spacial score (nSPS) is 17.2. The van der Waals surface area contributed by atoms with Crippen molar-refractivity contribution in [2.24, 2.45) is 4.99 Å². The van der Waals surface area contributed by atoms with Crippen molar-refractivity contribution in [2.75, 3.05) is 14.2 Å². The lowest BCUT2D eigenvalue weighted by atomic mass is 10.1. The van der Waals surface area contributed by atoms with Crippen LogP contribution in [0.5, 0.6) is 11.5 Å². The molecule has 1 aromatic rings. The van der Waals surface area contributed by atoms with Gasteiger partial charge in [0.15, 0.2) is 5.84 Å². The van der Waals surface area contributed by atoms with E-state index in [-0.39, 0.29) is 21.5 Å². The number of nitrogens with one attached hydrogen (secondary N) is 1. The molecule has 0 aliphatic carbocycles. The highest BCUT2D eigenvalue weighted by Gasteiger charge is 2.42. The first-order chi connectivity index (χ1) is 10.2. The van der Waals surface area contributed by atoms with E-state index in [4.69, 9.17) is 5.41 Å². The molecular formula is C11H12N4O6S. The van der Waals surface area contributed by atoms with E-state index in [2.05, 4.69) is 9.73 Å². The maximum Gasteiger partial charge on any atom is 0.432 e. The minimum Gasteiger partial charge on any atom is -0.508 e. The monoisotopic (exact) mass is 328 g/mol. The summed E-state index contributed by atoms with van der Waals surface area (Å²) in [6.45, 7) is 0. The number of benzene rings is 1. The molecule has 0 unspecified atom stereocenters. The van der Waals surface area contributed by atoms with Crippen molar-refractivity contribution in [2.45, 2.75) is 0 Å². The highest BCUT2D eigenvalue weighted by Crippen LogP contribution is 2.27. The number of carbonyl (C=O) groups is 1. The van der Waals surface area contributed by atoms with Crippen LogP contribution in [0.2, 0.25) is 0 Å². The first-order valence-electron chi connectivity index (χ1n) is 5.77. The van der Waals surface area contributed by atoms with E-state index in [9.17, 15) is 23.4 Å². The molecule has 0 bridgehead atoms. The molecule has 1 aromatic carbocycles. The molecule has 0 spiro atoms. The molecule has 1 aliphatic heterocycles. The van der Waals surface area contributed by atoms with E-state index < -0.39 is 28.0 Å². The first kappa shape index (κ1) is 15.6. The maximum atomic E-state index is 12.3. The smallest absolute Gasteiger partial charge is 0.432 e. The van der Waals surface area contributed by atoms with Crippen molar-refractivity contribution in [1.82, 2.24) is 8.61 Å². The van der Waals surface area contributed by atoms with Gasteiger partial charge in [-0.25, -0.2) is 9.10 Å². The fourth-order valence-electron chi connectivity index (χ4n) is 1.76. The number of hydrogen-bond donors (Lipinski definition) is 3. The molecule has 3 N–H and O–H groups in total. The number of nitrogens with zero attached hydrogens (tertiary/aromatic N) is 3. The number of hydrogen-bond acceptors (Lipinski definition) is 7. The number of carbonyl (C=O) groups excluding carboxylic acids is 1. The Kier molecular flexibility index (Phi) is 3.67. The Balaban J connectivity index is 2.61. The van der Waals surface area contributed by atoms with E-state index in [1.165, 1.54) is 12.1 Å². The minimum absolute atomic E-state index is 0.0295. The van der Waals surface area contributed by atoms with Gasteiger partial charge < -0.3 is 14.9 Å². The number of amides is 1. The third-order valence-electron chi connectivity index (χ3n) is 2.84. The number of rotatable bonds is 1. The predicted octanol–water partition coefficient (Wildman–Crippen LogP) is 0.0378. The highest BCUT2D eigenvalue weighted by atomic mass is 32.2. The topological polar surface area (TPSA) is 144 Å². The summed E-state index contributed by atoms with van der Waals surface area (Å²) < 4.78 is 29.6. The van der Waals surface area contributed by atoms with Gasteiger partial charge in [-0.2, -0.15) is 13.4 Å². The van der Waals surface area contributed by atoms with Crippen molar-refractivity contribution < 1.29 is 28.2 Å². The minimum atomic E-state index is -4.42. The molecule has 2 rings (SSSR count). The van der Waals surface area contributed by atoms with Crippen LogP contribution in [0.4, 0.5) is 4.79 Å². The van der Waals surface area contributed by atoms with Crippen LogP contribution in [0.3, 0.4) is 0 Å². The average Bonchev–Trinajstić information content (AvgIpc) is 2.43. The lowest BCUT2D eigenvalue weighted by Crippen LogP contribution is -2.53. The quantitative estimate of drug-likeness (QED) is 0.664. The number of aromatic hydroxyl groups is 2. The molecule has 0 saturated carbocycles. The fourth-order valence-corrected chi connectivity index (χ4v) is 2.88. The van der Waals surface area contributed by atoms with Crippen LogP contribution >= 0.6 is 0 Å². The van der Waals surface area contributed by atoms with Crippen LogP contribution in [0.1, 0.15) is 5.56 Å². The molecule has 1 heterocycles. The van der Waals surface area contributed by atoms with Gasteiger partial charge >= 0.3 is 16.3 Å². The van der Waals surface area contributed by atoms with E-state index in [1.807, 2.05) is 0 Å². The van der Waals surface area contributed by atoms with Crippen molar-refractivity contribution in [3.05, 3.63) is 23.8 Å². The molecule has 0 saturated heterocycles. The molecule has 0 fully saturated rings. The Morgan fingerprint density at radius 3 is 2.55 bits per heavy atom. The maximum absolute atomic E-state index is 12.3.